The zero-order valence-electron chi connectivity index (χ0n) is 16.1. The first-order valence-electron chi connectivity index (χ1n) is 9.28. The molecule has 1 aliphatic rings. The molecule has 10 heteroatoms. The highest BCUT2D eigenvalue weighted by molar-refractivity contribution is 7.90. The van der Waals surface area contributed by atoms with E-state index in [2.05, 4.69) is 4.98 Å². The number of rotatable bonds is 4. The van der Waals surface area contributed by atoms with Gasteiger partial charge in [0.05, 0.1) is 16.0 Å². The number of carbonyl (C=O) groups excluding carboxylic acids is 1. The van der Waals surface area contributed by atoms with Crippen LogP contribution in [0.25, 0.3) is 10.2 Å². The van der Waals surface area contributed by atoms with Crippen LogP contribution in [0.5, 0.6) is 0 Å². The Hall–Kier alpha value is -2.59. The standard InChI is InChI=1S/C20H19F2N3O3S2/c1-30(27,28)15-4-2-13(3-5-15)10-18(26)24-6-8-25(9-7-24)20-23-19-16(22)11-14(21)12-17(19)29-20/h2-5,11-12H,6-10H2,1H3. The third kappa shape index (κ3) is 4.29. The lowest BCUT2D eigenvalue weighted by atomic mass is 10.1. The van der Waals surface area contributed by atoms with Crippen LogP contribution in [0.4, 0.5) is 13.9 Å². The van der Waals surface area contributed by atoms with E-state index in [1.807, 2.05) is 4.90 Å². The lowest BCUT2D eigenvalue weighted by Crippen LogP contribution is -2.49. The highest BCUT2D eigenvalue weighted by atomic mass is 32.2. The molecule has 1 aromatic heterocycles. The molecule has 1 saturated heterocycles. The number of carbonyl (C=O) groups is 1. The summed E-state index contributed by atoms with van der Waals surface area (Å²) in [4.78, 5) is 20.8. The summed E-state index contributed by atoms with van der Waals surface area (Å²) in [5.74, 6) is -1.35. The van der Waals surface area contributed by atoms with Gasteiger partial charge in [-0.1, -0.05) is 23.5 Å². The zero-order chi connectivity index (χ0) is 21.5. The normalized spacial score (nSPS) is 15.0. The average molecular weight is 452 g/mol. The molecule has 0 spiro atoms. The fourth-order valence-corrected chi connectivity index (χ4v) is 5.06. The van der Waals surface area contributed by atoms with Gasteiger partial charge < -0.3 is 9.80 Å². The molecule has 0 radical (unpaired) electrons. The van der Waals surface area contributed by atoms with Crippen LogP contribution in [0.1, 0.15) is 5.56 Å². The van der Waals surface area contributed by atoms with Crippen molar-refractivity contribution in [3.63, 3.8) is 0 Å². The Morgan fingerprint density at radius 1 is 1.10 bits per heavy atom. The van der Waals surface area contributed by atoms with Gasteiger partial charge in [0.1, 0.15) is 11.3 Å². The lowest BCUT2D eigenvalue weighted by molar-refractivity contribution is -0.130. The fourth-order valence-electron chi connectivity index (χ4n) is 3.37. The highest BCUT2D eigenvalue weighted by Crippen LogP contribution is 2.31. The van der Waals surface area contributed by atoms with Gasteiger partial charge in [-0.3, -0.25) is 4.79 Å². The third-order valence-electron chi connectivity index (χ3n) is 5.01. The Balaban J connectivity index is 1.38. The number of benzene rings is 2. The largest absolute Gasteiger partial charge is 0.345 e. The van der Waals surface area contributed by atoms with Crippen molar-refractivity contribution in [2.75, 3.05) is 37.3 Å². The maximum Gasteiger partial charge on any atom is 0.227 e. The van der Waals surface area contributed by atoms with Crippen molar-refractivity contribution >= 4 is 42.4 Å². The van der Waals surface area contributed by atoms with E-state index in [0.717, 1.165) is 17.9 Å². The summed E-state index contributed by atoms with van der Waals surface area (Å²) >= 11 is 1.23. The smallest absolute Gasteiger partial charge is 0.227 e. The van der Waals surface area contributed by atoms with Crippen LogP contribution in [0.2, 0.25) is 0 Å². The number of anilines is 1. The molecule has 0 saturated carbocycles. The van der Waals surface area contributed by atoms with E-state index >= 15 is 0 Å². The molecule has 158 valence electrons. The molecule has 1 fully saturated rings. The van der Waals surface area contributed by atoms with Gasteiger partial charge in [-0.2, -0.15) is 0 Å². The van der Waals surface area contributed by atoms with Gasteiger partial charge in [0, 0.05) is 38.5 Å². The van der Waals surface area contributed by atoms with E-state index in [0.29, 0.717) is 36.0 Å². The number of amides is 1. The van der Waals surface area contributed by atoms with E-state index in [1.54, 1.807) is 17.0 Å². The molecule has 2 aromatic carbocycles. The Morgan fingerprint density at radius 2 is 1.77 bits per heavy atom. The fraction of sp³-hybridized carbons (Fsp3) is 0.300. The number of piperazine rings is 1. The Bertz CT molecular complexity index is 1200. The molecule has 0 atom stereocenters. The Kier molecular flexibility index (Phi) is 5.46. The molecule has 6 nitrogen and oxygen atoms in total. The summed E-state index contributed by atoms with van der Waals surface area (Å²) in [6.45, 7) is 2.07. The van der Waals surface area contributed by atoms with Gasteiger partial charge in [-0.05, 0) is 23.8 Å². The minimum absolute atomic E-state index is 0.0424. The van der Waals surface area contributed by atoms with Gasteiger partial charge in [0.25, 0.3) is 0 Å². The molecule has 0 bridgehead atoms. The number of hydrogen-bond donors (Lipinski definition) is 0. The predicted octanol–water partition coefficient (Wildman–Crippen LogP) is 2.87. The van der Waals surface area contributed by atoms with Crippen molar-refractivity contribution in [2.45, 2.75) is 11.3 Å². The van der Waals surface area contributed by atoms with Crippen LogP contribution in [0, 0.1) is 11.6 Å². The van der Waals surface area contributed by atoms with Crippen LogP contribution in [-0.2, 0) is 21.1 Å². The molecular formula is C20H19F2N3O3S2. The van der Waals surface area contributed by atoms with Crippen molar-refractivity contribution in [3.05, 3.63) is 53.6 Å². The minimum Gasteiger partial charge on any atom is -0.345 e. The molecule has 1 aliphatic heterocycles. The van der Waals surface area contributed by atoms with Gasteiger partial charge >= 0.3 is 0 Å². The second-order valence-corrected chi connectivity index (χ2v) is 10.2. The minimum atomic E-state index is -3.27. The molecule has 3 aromatic rings. The van der Waals surface area contributed by atoms with Crippen LogP contribution < -0.4 is 4.90 Å². The molecule has 0 aliphatic carbocycles. The molecule has 0 unspecified atom stereocenters. The SMILES string of the molecule is CS(=O)(=O)c1ccc(CC(=O)N2CCN(c3nc4c(F)cc(F)cc4s3)CC2)cc1. The van der Waals surface area contributed by atoms with Crippen LogP contribution in [-0.4, -0.2) is 56.6 Å². The van der Waals surface area contributed by atoms with Gasteiger partial charge in [-0.25, -0.2) is 22.2 Å². The summed E-state index contributed by atoms with van der Waals surface area (Å²) in [5.41, 5.74) is 0.908. The highest BCUT2D eigenvalue weighted by Gasteiger charge is 2.24. The van der Waals surface area contributed by atoms with Gasteiger partial charge in [0.15, 0.2) is 20.8 Å². The van der Waals surface area contributed by atoms with Crippen molar-refractivity contribution < 1.29 is 22.0 Å². The van der Waals surface area contributed by atoms with Crippen molar-refractivity contribution in [2.24, 2.45) is 0 Å². The summed E-state index contributed by atoms with van der Waals surface area (Å²) < 4.78 is 50.8. The van der Waals surface area contributed by atoms with E-state index < -0.39 is 21.5 Å². The number of hydrogen-bond acceptors (Lipinski definition) is 6. The number of fused-ring (bicyclic) bond motifs is 1. The number of thiazole rings is 1. The quantitative estimate of drug-likeness (QED) is 0.610. The maximum absolute atomic E-state index is 13.9. The molecule has 4 rings (SSSR count). The third-order valence-corrected chi connectivity index (χ3v) is 7.20. The first-order chi connectivity index (χ1) is 14.2. The first kappa shape index (κ1) is 20.7. The molecule has 30 heavy (non-hydrogen) atoms. The Morgan fingerprint density at radius 3 is 2.40 bits per heavy atom. The second kappa shape index (κ2) is 7.92. The lowest BCUT2D eigenvalue weighted by Gasteiger charge is -2.34. The monoisotopic (exact) mass is 451 g/mol. The Labute approximate surface area is 176 Å². The predicted molar refractivity (Wildman–Crippen MR) is 112 cm³/mol. The molecule has 2 heterocycles. The van der Waals surface area contributed by atoms with Crippen molar-refractivity contribution in [1.29, 1.82) is 0 Å². The molecule has 1 amide bonds. The molecular weight excluding hydrogens is 432 g/mol. The molecule has 0 N–H and O–H groups in total. The van der Waals surface area contributed by atoms with Gasteiger partial charge in [-0.15, -0.1) is 0 Å². The van der Waals surface area contributed by atoms with Crippen molar-refractivity contribution in [3.8, 4) is 0 Å². The average Bonchev–Trinajstić information content (AvgIpc) is 3.12. The summed E-state index contributed by atoms with van der Waals surface area (Å²) in [5, 5.41) is 0.609. The van der Waals surface area contributed by atoms with Crippen LogP contribution in [0.3, 0.4) is 0 Å². The number of halogens is 2. The zero-order valence-corrected chi connectivity index (χ0v) is 17.8. The number of aromatic nitrogens is 1. The van der Waals surface area contributed by atoms with Crippen LogP contribution in [0.15, 0.2) is 41.3 Å². The van der Waals surface area contributed by atoms with Crippen LogP contribution >= 0.6 is 11.3 Å². The van der Waals surface area contributed by atoms with Crippen molar-refractivity contribution in [1.82, 2.24) is 9.88 Å². The second-order valence-electron chi connectivity index (χ2n) is 7.19. The first-order valence-corrected chi connectivity index (χ1v) is 12.0. The summed E-state index contributed by atoms with van der Waals surface area (Å²) in [6, 6.07) is 8.41. The van der Waals surface area contributed by atoms with Gasteiger partial charge in [0.2, 0.25) is 5.91 Å². The number of nitrogens with zero attached hydrogens (tertiary/aromatic N) is 3. The summed E-state index contributed by atoms with van der Waals surface area (Å²) in [6.07, 6.45) is 1.33. The number of sulfone groups is 1. The maximum atomic E-state index is 13.9. The topological polar surface area (TPSA) is 70.6 Å². The summed E-state index contributed by atoms with van der Waals surface area (Å²) in [7, 11) is -3.27. The van der Waals surface area contributed by atoms with E-state index in [-0.39, 0.29) is 22.7 Å². The van der Waals surface area contributed by atoms with E-state index in [4.69, 9.17) is 0 Å². The van der Waals surface area contributed by atoms with E-state index in [1.165, 1.54) is 29.5 Å². The van der Waals surface area contributed by atoms with E-state index in [9.17, 15) is 22.0 Å².